The summed E-state index contributed by atoms with van der Waals surface area (Å²) < 4.78 is 11.2. The van der Waals surface area contributed by atoms with Gasteiger partial charge >= 0.3 is 0 Å². The second-order valence-electron chi connectivity index (χ2n) is 6.53. The zero-order chi connectivity index (χ0) is 20.9. The number of nitrogens with one attached hydrogen (secondary N) is 2. The standard InChI is InChI=1S/C22H30N4O3/c1-17(19-9-4-3-5-10-19)28-13-7-12-25-22(24-2)26-15-18-8-6-11-20(14-18)29-16-21(23)27/h3-6,8-11,14,17H,7,12-13,15-16H2,1-2H3,(H2,23,27)(H2,24,25,26). The van der Waals surface area contributed by atoms with Gasteiger partial charge in [0.2, 0.25) is 0 Å². The minimum atomic E-state index is -0.500. The molecular weight excluding hydrogens is 368 g/mol. The highest BCUT2D eigenvalue weighted by Crippen LogP contribution is 2.15. The van der Waals surface area contributed by atoms with E-state index in [1.54, 1.807) is 13.1 Å². The summed E-state index contributed by atoms with van der Waals surface area (Å²) in [7, 11) is 1.73. The molecule has 156 valence electrons. The molecule has 0 bridgehead atoms. The van der Waals surface area contributed by atoms with Crippen LogP contribution in [0, 0.1) is 0 Å². The van der Waals surface area contributed by atoms with Crippen molar-refractivity contribution in [3.8, 4) is 5.75 Å². The van der Waals surface area contributed by atoms with E-state index in [2.05, 4.69) is 34.7 Å². The van der Waals surface area contributed by atoms with Gasteiger partial charge in [0.25, 0.3) is 5.91 Å². The van der Waals surface area contributed by atoms with Gasteiger partial charge < -0.3 is 25.8 Å². The molecule has 0 aliphatic heterocycles. The maximum atomic E-state index is 10.8. The van der Waals surface area contributed by atoms with Crippen molar-refractivity contribution < 1.29 is 14.3 Å². The van der Waals surface area contributed by atoms with Gasteiger partial charge in [-0.05, 0) is 36.6 Å². The van der Waals surface area contributed by atoms with Crippen molar-refractivity contribution in [1.29, 1.82) is 0 Å². The number of rotatable bonds is 11. The van der Waals surface area contributed by atoms with E-state index >= 15 is 0 Å². The van der Waals surface area contributed by atoms with Crippen molar-refractivity contribution in [3.05, 3.63) is 65.7 Å². The van der Waals surface area contributed by atoms with Gasteiger partial charge in [0.05, 0.1) is 6.10 Å². The van der Waals surface area contributed by atoms with Crippen LogP contribution in [-0.2, 0) is 16.1 Å². The van der Waals surface area contributed by atoms with Crippen molar-refractivity contribution in [3.63, 3.8) is 0 Å². The van der Waals surface area contributed by atoms with Crippen molar-refractivity contribution in [2.45, 2.75) is 26.0 Å². The highest BCUT2D eigenvalue weighted by Gasteiger charge is 2.05. The van der Waals surface area contributed by atoms with Crippen LogP contribution in [-0.4, -0.2) is 38.7 Å². The third-order valence-electron chi connectivity index (χ3n) is 4.21. The van der Waals surface area contributed by atoms with Crippen LogP contribution in [0.15, 0.2) is 59.6 Å². The molecule has 0 saturated carbocycles. The first-order valence-electron chi connectivity index (χ1n) is 9.69. The number of aliphatic imine (C=N–C) groups is 1. The number of ether oxygens (including phenoxy) is 2. The van der Waals surface area contributed by atoms with Gasteiger partial charge in [0.1, 0.15) is 5.75 Å². The molecule has 1 atom stereocenters. The Kier molecular flexibility index (Phi) is 9.51. The number of benzene rings is 2. The molecule has 1 unspecified atom stereocenters. The Balaban J connectivity index is 1.66. The van der Waals surface area contributed by atoms with Crippen molar-refractivity contribution in [2.75, 3.05) is 26.8 Å². The minimum absolute atomic E-state index is 0.0812. The van der Waals surface area contributed by atoms with Crippen LogP contribution < -0.4 is 21.1 Å². The van der Waals surface area contributed by atoms with E-state index in [0.717, 1.165) is 18.5 Å². The second kappa shape index (κ2) is 12.4. The number of guanidine groups is 1. The third-order valence-corrected chi connectivity index (χ3v) is 4.21. The highest BCUT2D eigenvalue weighted by molar-refractivity contribution is 5.79. The predicted molar refractivity (Wildman–Crippen MR) is 115 cm³/mol. The van der Waals surface area contributed by atoms with Crippen LogP contribution in [0.1, 0.15) is 30.6 Å². The molecule has 0 aliphatic rings. The Morgan fingerprint density at radius 1 is 1.14 bits per heavy atom. The molecule has 2 aromatic rings. The first kappa shape index (κ1) is 22.2. The van der Waals surface area contributed by atoms with Crippen LogP contribution in [0.25, 0.3) is 0 Å². The van der Waals surface area contributed by atoms with E-state index < -0.39 is 5.91 Å². The monoisotopic (exact) mass is 398 g/mol. The van der Waals surface area contributed by atoms with E-state index in [1.807, 2.05) is 36.4 Å². The van der Waals surface area contributed by atoms with Gasteiger partial charge in [-0.15, -0.1) is 0 Å². The molecule has 2 rings (SSSR count). The lowest BCUT2D eigenvalue weighted by Crippen LogP contribution is -2.37. The molecular formula is C22H30N4O3. The molecule has 0 heterocycles. The molecule has 0 saturated heterocycles. The number of primary amides is 1. The molecule has 0 aliphatic carbocycles. The van der Waals surface area contributed by atoms with E-state index in [-0.39, 0.29) is 12.7 Å². The van der Waals surface area contributed by atoms with Crippen molar-refractivity contribution >= 4 is 11.9 Å². The first-order valence-corrected chi connectivity index (χ1v) is 9.69. The van der Waals surface area contributed by atoms with Gasteiger partial charge in [0, 0.05) is 26.7 Å². The van der Waals surface area contributed by atoms with Crippen LogP contribution in [0.4, 0.5) is 0 Å². The summed E-state index contributed by atoms with van der Waals surface area (Å²) in [6.45, 7) is 3.92. The Labute approximate surface area is 172 Å². The molecule has 4 N–H and O–H groups in total. The number of amides is 1. The quantitative estimate of drug-likeness (QED) is 0.307. The van der Waals surface area contributed by atoms with E-state index in [1.165, 1.54) is 5.56 Å². The Bertz CT molecular complexity index is 781. The Morgan fingerprint density at radius 2 is 1.93 bits per heavy atom. The lowest BCUT2D eigenvalue weighted by atomic mass is 10.1. The molecule has 7 heteroatoms. The lowest BCUT2D eigenvalue weighted by molar-refractivity contribution is -0.119. The summed E-state index contributed by atoms with van der Waals surface area (Å²) in [5.74, 6) is 0.820. The maximum absolute atomic E-state index is 10.8. The predicted octanol–water partition coefficient (Wildman–Crippen LogP) is 2.38. The fourth-order valence-corrected chi connectivity index (χ4v) is 2.67. The van der Waals surface area contributed by atoms with Gasteiger partial charge in [-0.3, -0.25) is 9.79 Å². The fraction of sp³-hybridized carbons (Fsp3) is 0.364. The van der Waals surface area contributed by atoms with Crippen molar-refractivity contribution in [2.24, 2.45) is 10.7 Å². The van der Waals surface area contributed by atoms with Crippen LogP contribution in [0.2, 0.25) is 0 Å². The summed E-state index contributed by atoms with van der Waals surface area (Å²) in [5.41, 5.74) is 7.29. The lowest BCUT2D eigenvalue weighted by Gasteiger charge is -2.15. The molecule has 2 aromatic carbocycles. The van der Waals surface area contributed by atoms with Crippen LogP contribution >= 0.6 is 0 Å². The summed E-state index contributed by atoms with van der Waals surface area (Å²) in [6.07, 6.45) is 0.951. The molecule has 0 fully saturated rings. The molecule has 0 radical (unpaired) electrons. The number of nitrogens with zero attached hydrogens (tertiary/aromatic N) is 1. The van der Waals surface area contributed by atoms with Gasteiger partial charge in [-0.1, -0.05) is 42.5 Å². The average Bonchev–Trinajstić information content (AvgIpc) is 2.75. The number of hydrogen-bond donors (Lipinski definition) is 3. The SMILES string of the molecule is CN=C(NCCCOC(C)c1ccccc1)NCc1cccc(OCC(N)=O)c1. The van der Waals surface area contributed by atoms with E-state index in [0.29, 0.717) is 24.9 Å². The molecule has 1 amide bonds. The molecule has 7 nitrogen and oxygen atoms in total. The van der Waals surface area contributed by atoms with Gasteiger partial charge in [-0.25, -0.2) is 0 Å². The summed E-state index contributed by atoms with van der Waals surface area (Å²) in [6, 6.07) is 17.7. The summed E-state index contributed by atoms with van der Waals surface area (Å²) in [4.78, 5) is 15.0. The van der Waals surface area contributed by atoms with Crippen molar-refractivity contribution in [1.82, 2.24) is 10.6 Å². The zero-order valence-electron chi connectivity index (χ0n) is 17.1. The largest absolute Gasteiger partial charge is 0.484 e. The smallest absolute Gasteiger partial charge is 0.255 e. The maximum Gasteiger partial charge on any atom is 0.255 e. The van der Waals surface area contributed by atoms with Gasteiger partial charge in [-0.2, -0.15) is 0 Å². The summed E-state index contributed by atoms with van der Waals surface area (Å²) >= 11 is 0. The number of carbonyl (C=O) groups excluding carboxylic acids is 1. The average molecular weight is 399 g/mol. The second-order valence-corrected chi connectivity index (χ2v) is 6.53. The first-order chi connectivity index (χ1) is 14.1. The molecule has 29 heavy (non-hydrogen) atoms. The Hall–Kier alpha value is -3.06. The topological polar surface area (TPSA) is 98.0 Å². The molecule has 0 spiro atoms. The van der Waals surface area contributed by atoms with Crippen LogP contribution in [0.3, 0.4) is 0 Å². The van der Waals surface area contributed by atoms with Crippen LogP contribution in [0.5, 0.6) is 5.75 Å². The highest BCUT2D eigenvalue weighted by atomic mass is 16.5. The Morgan fingerprint density at radius 3 is 2.66 bits per heavy atom. The fourth-order valence-electron chi connectivity index (χ4n) is 2.67. The zero-order valence-corrected chi connectivity index (χ0v) is 17.1. The number of nitrogens with two attached hydrogens (primary N) is 1. The molecule has 0 aromatic heterocycles. The van der Waals surface area contributed by atoms with Gasteiger partial charge in [0.15, 0.2) is 12.6 Å². The number of carbonyl (C=O) groups is 1. The van der Waals surface area contributed by atoms with E-state index in [4.69, 9.17) is 15.2 Å². The normalized spacial score (nSPS) is 12.3. The number of hydrogen-bond acceptors (Lipinski definition) is 4. The minimum Gasteiger partial charge on any atom is -0.484 e. The van der Waals surface area contributed by atoms with E-state index in [9.17, 15) is 4.79 Å². The third kappa shape index (κ3) is 8.66. The summed E-state index contributed by atoms with van der Waals surface area (Å²) in [5, 5.41) is 6.53.